The van der Waals surface area contributed by atoms with E-state index in [2.05, 4.69) is 10.6 Å². The Labute approximate surface area is 169 Å². The minimum Gasteiger partial charge on any atom is -0.354 e. The number of hydrogen-bond donors (Lipinski definition) is 2. The number of benzene rings is 2. The van der Waals surface area contributed by atoms with Crippen LogP contribution in [0.4, 0.5) is 4.39 Å². The summed E-state index contributed by atoms with van der Waals surface area (Å²) in [7, 11) is 0. The molecular weight excluding hydrogens is 371 g/mol. The number of rotatable bonds is 8. The molecule has 0 heterocycles. The Balaban J connectivity index is 1.36. The average Bonchev–Trinajstić information content (AvgIpc) is 3.19. The first-order chi connectivity index (χ1) is 13.9. The molecule has 1 aliphatic carbocycles. The molecule has 29 heavy (non-hydrogen) atoms. The molecule has 6 heteroatoms. The van der Waals surface area contributed by atoms with Gasteiger partial charge in [-0.05, 0) is 61.1 Å². The number of amides is 2. The Morgan fingerprint density at radius 2 is 1.62 bits per heavy atom. The summed E-state index contributed by atoms with van der Waals surface area (Å²) in [6.45, 7) is 2.09. The molecule has 0 fully saturated rings. The number of carbonyl (C=O) groups excluding carboxylic acids is 3. The highest BCUT2D eigenvalue weighted by Crippen LogP contribution is 2.23. The predicted octanol–water partition coefficient (Wildman–Crippen LogP) is 3.13. The van der Waals surface area contributed by atoms with E-state index in [4.69, 9.17) is 0 Å². The Bertz CT molecular complexity index is 940. The number of aryl methyl sites for hydroxylation is 3. The van der Waals surface area contributed by atoms with E-state index in [1.165, 1.54) is 17.2 Å². The first-order valence-corrected chi connectivity index (χ1v) is 9.90. The molecule has 1 aliphatic rings. The zero-order chi connectivity index (χ0) is 20.8. The quantitative estimate of drug-likeness (QED) is 0.532. The number of fused-ring (bicyclic) bond motifs is 1. The molecule has 2 aromatic rings. The zero-order valence-corrected chi connectivity index (χ0v) is 16.5. The molecule has 0 atom stereocenters. The maximum Gasteiger partial charge on any atom is 0.251 e. The van der Waals surface area contributed by atoms with Crippen LogP contribution in [-0.2, 0) is 17.6 Å². The summed E-state index contributed by atoms with van der Waals surface area (Å²) in [6.07, 6.45) is 3.47. The summed E-state index contributed by atoms with van der Waals surface area (Å²) < 4.78 is 13.5. The summed E-state index contributed by atoms with van der Waals surface area (Å²) in [6, 6.07) is 10.1. The minimum atomic E-state index is -0.431. The van der Waals surface area contributed by atoms with Gasteiger partial charge in [0.25, 0.3) is 5.91 Å². The van der Waals surface area contributed by atoms with Gasteiger partial charge in [0, 0.05) is 37.1 Å². The van der Waals surface area contributed by atoms with Gasteiger partial charge in [0.1, 0.15) is 5.82 Å². The van der Waals surface area contributed by atoms with Crippen molar-refractivity contribution in [2.75, 3.05) is 13.1 Å². The molecule has 0 aliphatic heterocycles. The van der Waals surface area contributed by atoms with Gasteiger partial charge in [-0.25, -0.2) is 4.39 Å². The zero-order valence-electron chi connectivity index (χ0n) is 16.5. The molecule has 3 rings (SSSR count). The van der Waals surface area contributed by atoms with Gasteiger partial charge in [-0.1, -0.05) is 18.2 Å². The van der Waals surface area contributed by atoms with Crippen molar-refractivity contribution in [3.63, 3.8) is 0 Å². The smallest absolute Gasteiger partial charge is 0.251 e. The number of ketones is 1. The Kier molecular flexibility index (Phi) is 6.75. The van der Waals surface area contributed by atoms with Crippen LogP contribution in [0, 0.1) is 12.7 Å². The van der Waals surface area contributed by atoms with Crippen LogP contribution < -0.4 is 10.6 Å². The van der Waals surface area contributed by atoms with Crippen LogP contribution in [0.2, 0.25) is 0 Å². The highest BCUT2D eigenvalue weighted by Gasteiger charge is 2.15. The first kappa shape index (κ1) is 20.7. The lowest BCUT2D eigenvalue weighted by molar-refractivity contribution is -0.121. The van der Waals surface area contributed by atoms with Crippen molar-refractivity contribution in [2.45, 2.75) is 39.0 Å². The fourth-order valence-electron chi connectivity index (χ4n) is 3.42. The van der Waals surface area contributed by atoms with E-state index < -0.39 is 11.7 Å². The molecule has 0 unspecified atom stereocenters. The van der Waals surface area contributed by atoms with Crippen molar-refractivity contribution in [1.82, 2.24) is 10.6 Å². The second-order valence-corrected chi connectivity index (χ2v) is 7.33. The fraction of sp³-hybridized carbons (Fsp3) is 0.348. The van der Waals surface area contributed by atoms with Crippen LogP contribution >= 0.6 is 0 Å². The lowest BCUT2D eigenvalue weighted by Crippen LogP contribution is -2.34. The van der Waals surface area contributed by atoms with Gasteiger partial charge < -0.3 is 10.6 Å². The average molecular weight is 396 g/mol. The van der Waals surface area contributed by atoms with E-state index in [0.29, 0.717) is 11.1 Å². The number of carbonyl (C=O) groups is 3. The van der Waals surface area contributed by atoms with Crippen LogP contribution in [0.25, 0.3) is 0 Å². The lowest BCUT2D eigenvalue weighted by Gasteiger charge is -2.08. The van der Waals surface area contributed by atoms with Crippen molar-refractivity contribution in [3.8, 4) is 0 Å². The van der Waals surface area contributed by atoms with Gasteiger partial charge in [0.05, 0.1) is 0 Å². The van der Waals surface area contributed by atoms with E-state index in [9.17, 15) is 18.8 Å². The lowest BCUT2D eigenvalue weighted by atomic mass is 10.0. The summed E-state index contributed by atoms with van der Waals surface area (Å²) in [5, 5.41) is 5.31. The van der Waals surface area contributed by atoms with Gasteiger partial charge in [0.2, 0.25) is 5.91 Å². The Hall–Kier alpha value is -3.02. The van der Waals surface area contributed by atoms with Gasteiger partial charge in [0.15, 0.2) is 5.78 Å². The Morgan fingerprint density at radius 1 is 0.897 bits per heavy atom. The maximum absolute atomic E-state index is 13.5. The third-order valence-electron chi connectivity index (χ3n) is 5.17. The molecule has 2 N–H and O–H groups in total. The molecule has 0 spiro atoms. The molecule has 0 saturated heterocycles. The van der Waals surface area contributed by atoms with Crippen molar-refractivity contribution in [3.05, 3.63) is 70.0 Å². The summed E-state index contributed by atoms with van der Waals surface area (Å²) >= 11 is 0. The number of hydrogen-bond acceptors (Lipinski definition) is 3. The number of nitrogens with one attached hydrogen (secondary N) is 2. The van der Waals surface area contributed by atoms with Crippen molar-refractivity contribution >= 4 is 17.6 Å². The second kappa shape index (κ2) is 9.45. The topological polar surface area (TPSA) is 75.3 Å². The van der Waals surface area contributed by atoms with E-state index >= 15 is 0 Å². The molecule has 2 amide bonds. The highest BCUT2D eigenvalue weighted by molar-refractivity contribution is 5.98. The van der Waals surface area contributed by atoms with E-state index in [1.54, 1.807) is 19.1 Å². The van der Waals surface area contributed by atoms with Gasteiger partial charge in [-0.15, -0.1) is 0 Å². The van der Waals surface area contributed by atoms with Crippen molar-refractivity contribution in [1.29, 1.82) is 0 Å². The molecule has 0 bridgehead atoms. The van der Waals surface area contributed by atoms with Crippen LogP contribution in [-0.4, -0.2) is 30.7 Å². The minimum absolute atomic E-state index is 0.0375. The summed E-state index contributed by atoms with van der Waals surface area (Å²) in [5.41, 5.74) is 3.93. The molecule has 5 nitrogen and oxygen atoms in total. The van der Waals surface area contributed by atoms with Gasteiger partial charge >= 0.3 is 0 Å². The van der Waals surface area contributed by atoms with Crippen molar-refractivity contribution < 1.29 is 18.8 Å². The van der Waals surface area contributed by atoms with Gasteiger partial charge in [-0.3, -0.25) is 14.4 Å². The molecular formula is C23H25FN2O3. The fourth-order valence-corrected chi connectivity index (χ4v) is 3.42. The van der Waals surface area contributed by atoms with Crippen molar-refractivity contribution in [2.24, 2.45) is 0 Å². The van der Waals surface area contributed by atoms with E-state index in [-0.39, 0.29) is 43.2 Å². The molecule has 0 radical (unpaired) electrons. The Morgan fingerprint density at radius 3 is 2.41 bits per heavy atom. The van der Waals surface area contributed by atoms with E-state index in [1.807, 2.05) is 18.2 Å². The standard InChI is InChI=1S/C23H25FN2O3/c1-15-5-6-19(14-20(15)24)23(29)26-12-11-25-22(28)10-9-21(27)18-8-7-16-3-2-4-17(16)13-18/h5-8,13-14H,2-4,9-12H2,1H3,(H,25,28)(H,26,29). The third-order valence-corrected chi connectivity index (χ3v) is 5.17. The molecule has 0 aromatic heterocycles. The summed E-state index contributed by atoms with van der Waals surface area (Å²) in [4.78, 5) is 36.2. The normalized spacial score (nSPS) is 12.3. The number of halogens is 1. The van der Waals surface area contributed by atoms with Crippen LogP contribution in [0.1, 0.15) is 56.7 Å². The monoisotopic (exact) mass is 396 g/mol. The number of Topliss-reactive ketones (excluding diaryl/α,β-unsaturated/α-hetero) is 1. The van der Waals surface area contributed by atoms with Crippen LogP contribution in [0.3, 0.4) is 0 Å². The molecule has 2 aromatic carbocycles. The van der Waals surface area contributed by atoms with Crippen LogP contribution in [0.5, 0.6) is 0 Å². The predicted molar refractivity (Wildman–Crippen MR) is 109 cm³/mol. The summed E-state index contributed by atoms with van der Waals surface area (Å²) in [5.74, 6) is -1.11. The van der Waals surface area contributed by atoms with E-state index in [0.717, 1.165) is 19.3 Å². The SMILES string of the molecule is Cc1ccc(C(=O)NCCNC(=O)CCC(=O)c2ccc3c(c2)CCC3)cc1F. The third kappa shape index (κ3) is 5.50. The maximum atomic E-state index is 13.5. The highest BCUT2D eigenvalue weighted by atomic mass is 19.1. The largest absolute Gasteiger partial charge is 0.354 e. The van der Waals surface area contributed by atoms with Gasteiger partial charge in [-0.2, -0.15) is 0 Å². The first-order valence-electron chi connectivity index (χ1n) is 9.90. The molecule has 0 saturated carbocycles. The molecule has 152 valence electrons. The van der Waals surface area contributed by atoms with Crippen LogP contribution in [0.15, 0.2) is 36.4 Å². The second-order valence-electron chi connectivity index (χ2n) is 7.33.